The monoisotopic (exact) mass is 423 g/mol. The van der Waals surface area contributed by atoms with Gasteiger partial charge in [-0.1, -0.05) is 36.4 Å². The van der Waals surface area contributed by atoms with E-state index in [0.717, 1.165) is 5.56 Å². The van der Waals surface area contributed by atoms with Crippen LogP contribution < -0.4 is 10.7 Å². The lowest BCUT2D eigenvalue weighted by molar-refractivity contribution is 0.512. The van der Waals surface area contributed by atoms with Gasteiger partial charge in [0.1, 0.15) is 17.6 Å². The van der Waals surface area contributed by atoms with E-state index < -0.39 is 0 Å². The molecule has 1 N–H and O–H groups in total. The number of para-hydroxylation sites is 1. The quantitative estimate of drug-likeness (QED) is 0.398. The van der Waals surface area contributed by atoms with Crippen LogP contribution >= 0.6 is 0 Å². The summed E-state index contributed by atoms with van der Waals surface area (Å²) in [6, 6.07) is 20.2. The molecule has 0 saturated carbocycles. The molecule has 0 amide bonds. The van der Waals surface area contributed by atoms with Crippen LogP contribution in [0.15, 0.2) is 85.0 Å². The minimum atomic E-state index is -0.129. The van der Waals surface area contributed by atoms with Crippen LogP contribution in [0, 0.1) is 18.3 Å². The van der Waals surface area contributed by atoms with Crippen LogP contribution in [-0.4, -0.2) is 4.98 Å². The van der Waals surface area contributed by atoms with E-state index in [9.17, 15) is 10.1 Å². The molecular weight excluding hydrogens is 406 g/mol. The summed E-state index contributed by atoms with van der Waals surface area (Å²) in [4.78, 5) is 17.4. The first-order valence-corrected chi connectivity index (χ1v) is 9.95. The van der Waals surface area contributed by atoms with E-state index in [1.165, 1.54) is 0 Å². The van der Waals surface area contributed by atoms with E-state index in [1.54, 1.807) is 37.5 Å². The number of anilines is 1. The molecule has 32 heavy (non-hydrogen) atoms. The van der Waals surface area contributed by atoms with Gasteiger partial charge in [0.05, 0.1) is 23.8 Å². The highest BCUT2D eigenvalue weighted by molar-refractivity contribution is 5.91. The molecule has 0 bridgehead atoms. The fourth-order valence-corrected chi connectivity index (χ4v) is 3.55. The zero-order valence-corrected chi connectivity index (χ0v) is 17.1. The van der Waals surface area contributed by atoms with Crippen LogP contribution in [0.5, 0.6) is 0 Å². The number of nitrogens with one attached hydrogen (secondary N) is 1. The Hall–Kier alpha value is -4.57. The van der Waals surface area contributed by atoms with E-state index in [1.807, 2.05) is 42.5 Å². The van der Waals surface area contributed by atoms with E-state index in [2.05, 4.69) is 10.3 Å². The molecule has 0 aliphatic rings. The van der Waals surface area contributed by atoms with Crippen molar-refractivity contribution >= 4 is 16.9 Å². The number of oxazole rings is 1. The zero-order chi connectivity index (χ0) is 22.1. The largest absolute Gasteiger partial charge is 0.467 e. The van der Waals surface area contributed by atoms with Crippen molar-refractivity contribution in [1.29, 1.82) is 5.26 Å². The van der Waals surface area contributed by atoms with Crippen LogP contribution in [0.4, 0.5) is 5.88 Å². The Bertz CT molecular complexity index is 1510. The number of nitriles is 1. The fraction of sp³-hybridized carbons (Fsp3) is 0.0800. The second-order valence-corrected chi connectivity index (χ2v) is 7.18. The lowest BCUT2D eigenvalue weighted by atomic mass is 10.0. The molecule has 2 aromatic carbocycles. The molecule has 0 aliphatic heterocycles. The van der Waals surface area contributed by atoms with Gasteiger partial charge in [0.25, 0.3) is 0 Å². The number of fused-ring (bicyclic) bond motifs is 1. The third-order valence-corrected chi connectivity index (χ3v) is 5.15. The van der Waals surface area contributed by atoms with E-state index >= 15 is 0 Å². The molecule has 0 radical (unpaired) electrons. The van der Waals surface area contributed by atoms with Crippen molar-refractivity contribution in [3.63, 3.8) is 0 Å². The van der Waals surface area contributed by atoms with Crippen LogP contribution in [0.3, 0.4) is 0 Å². The van der Waals surface area contributed by atoms with Gasteiger partial charge in [-0.3, -0.25) is 4.79 Å². The van der Waals surface area contributed by atoms with Crippen molar-refractivity contribution in [2.24, 2.45) is 0 Å². The number of rotatable bonds is 5. The minimum Gasteiger partial charge on any atom is -0.467 e. The Balaban J connectivity index is 1.64. The molecule has 7 nitrogen and oxygen atoms in total. The Morgan fingerprint density at radius 1 is 1.03 bits per heavy atom. The molecule has 0 saturated heterocycles. The molecule has 156 valence electrons. The smallest absolute Gasteiger partial charge is 0.233 e. The number of hydrogen-bond donors (Lipinski definition) is 1. The average molecular weight is 423 g/mol. The predicted molar refractivity (Wildman–Crippen MR) is 119 cm³/mol. The first-order chi connectivity index (χ1) is 15.7. The van der Waals surface area contributed by atoms with Crippen molar-refractivity contribution in [2.75, 3.05) is 5.32 Å². The maximum absolute atomic E-state index is 13.1. The molecule has 5 rings (SSSR count). The van der Waals surface area contributed by atoms with Crippen LogP contribution in [0.2, 0.25) is 0 Å². The maximum Gasteiger partial charge on any atom is 0.233 e. The maximum atomic E-state index is 13.1. The molecule has 7 heteroatoms. The van der Waals surface area contributed by atoms with Gasteiger partial charge in [-0.05, 0) is 31.2 Å². The normalized spacial score (nSPS) is 10.9. The highest BCUT2D eigenvalue weighted by atomic mass is 16.4. The first kappa shape index (κ1) is 19.4. The lowest BCUT2D eigenvalue weighted by Crippen LogP contribution is -2.07. The number of aromatic nitrogens is 1. The van der Waals surface area contributed by atoms with Crippen LogP contribution in [0.25, 0.3) is 33.7 Å². The Morgan fingerprint density at radius 2 is 1.88 bits per heavy atom. The minimum absolute atomic E-state index is 0.0984. The summed E-state index contributed by atoms with van der Waals surface area (Å²) in [7, 11) is 0. The number of nitrogens with zero attached hydrogens (tertiary/aromatic N) is 2. The highest BCUT2D eigenvalue weighted by Gasteiger charge is 2.20. The Kier molecular flexibility index (Phi) is 4.81. The zero-order valence-electron chi connectivity index (χ0n) is 17.1. The van der Waals surface area contributed by atoms with E-state index in [0.29, 0.717) is 40.2 Å². The predicted octanol–water partition coefficient (Wildman–Crippen LogP) is 5.50. The third kappa shape index (κ3) is 3.34. The van der Waals surface area contributed by atoms with Gasteiger partial charge in [0.2, 0.25) is 17.5 Å². The standard InChI is InChI=1S/C25H17N3O4/c1-15-21(29)18-10-5-11-19(23(18)31-22(15)16-7-3-2-4-8-16)24-28-20(13-26)25(32-24)27-14-17-9-6-12-30-17/h2-12,27H,14H2,1H3. The van der Waals surface area contributed by atoms with Crippen LogP contribution in [-0.2, 0) is 6.54 Å². The molecule has 5 aromatic rings. The summed E-state index contributed by atoms with van der Waals surface area (Å²) in [5, 5.41) is 13.0. The second kappa shape index (κ2) is 7.93. The molecule has 0 fully saturated rings. The van der Waals surface area contributed by atoms with Gasteiger partial charge >= 0.3 is 0 Å². The SMILES string of the molecule is Cc1c(-c2ccccc2)oc2c(-c3nc(C#N)c(NCc4ccco4)o3)cccc2c1=O. The van der Waals surface area contributed by atoms with Crippen molar-refractivity contribution in [2.45, 2.75) is 13.5 Å². The van der Waals surface area contributed by atoms with Gasteiger partial charge in [-0.2, -0.15) is 10.2 Å². The van der Waals surface area contributed by atoms with Gasteiger partial charge in [0, 0.05) is 11.1 Å². The summed E-state index contributed by atoms with van der Waals surface area (Å²) in [5.41, 5.74) is 2.12. The molecule has 3 heterocycles. The van der Waals surface area contributed by atoms with Gasteiger partial charge < -0.3 is 18.6 Å². The summed E-state index contributed by atoms with van der Waals surface area (Å²) < 4.78 is 17.4. The van der Waals surface area contributed by atoms with Gasteiger partial charge in [-0.25, -0.2) is 0 Å². The molecule has 0 atom stereocenters. The van der Waals surface area contributed by atoms with Crippen molar-refractivity contribution < 1.29 is 13.3 Å². The molecular formula is C25H17N3O4. The number of furan rings is 1. The summed E-state index contributed by atoms with van der Waals surface area (Å²) in [6.45, 7) is 2.08. The van der Waals surface area contributed by atoms with Crippen molar-refractivity contribution in [3.8, 4) is 28.8 Å². The number of hydrogen-bond acceptors (Lipinski definition) is 7. The molecule has 3 aromatic heterocycles. The summed E-state index contributed by atoms with van der Waals surface area (Å²) in [5.74, 6) is 1.57. The van der Waals surface area contributed by atoms with Crippen LogP contribution in [0.1, 0.15) is 17.0 Å². The molecule has 0 spiro atoms. The first-order valence-electron chi connectivity index (χ1n) is 9.95. The lowest BCUT2D eigenvalue weighted by Gasteiger charge is -2.09. The Morgan fingerprint density at radius 3 is 2.62 bits per heavy atom. The second-order valence-electron chi connectivity index (χ2n) is 7.18. The Labute approximate surface area is 182 Å². The summed E-state index contributed by atoms with van der Waals surface area (Å²) in [6.07, 6.45) is 1.57. The summed E-state index contributed by atoms with van der Waals surface area (Å²) >= 11 is 0. The van der Waals surface area contributed by atoms with Crippen molar-refractivity contribution in [3.05, 3.63) is 94.2 Å². The van der Waals surface area contributed by atoms with Crippen molar-refractivity contribution in [1.82, 2.24) is 4.98 Å². The van der Waals surface area contributed by atoms with E-state index in [-0.39, 0.29) is 22.9 Å². The number of benzene rings is 2. The van der Waals surface area contributed by atoms with Gasteiger partial charge in [-0.15, -0.1) is 0 Å². The third-order valence-electron chi connectivity index (χ3n) is 5.15. The van der Waals surface area contributed by atoms with Gasteiger partial charge in [0.15, 0.2) is 11.0 Å². The highest BCUT2D eigenvalue weighted by Crippen LogP contribution is 2.33. The average Bonchev–Trinajstić information content (AvgIpc) is 3.50. The molecule has 0 aliphatic carbocycles. The molecule has 0 unspecified atom stereocenters. The topological polar surface area (TPSA) is 105 Å². The van der Waals surface area contributed by atoms with E-state index in [4.69, 9.17) is 13.3 Å². The fourth-order valence-electron chi connectivity index (χ4n) is 3.55.